The van der Waals surface area contributed by atoms with Gasteiger partial charge in [0.25, 0.3) is 0 Å². The minimum atomic E-state index is -0.544. The lowest BCUT2D eigenvalue weighted by molar-refractivity contribution is -0.139. The van der Waals surface area contributed by atoms with Crippen LogP contribution in [0.25, 0.3) is 0 Å². The third-order valence-electron chi connectivity index (χ3n) is 3.59. The minimum absolute atomic E-state index is 0.0100. The van der Waals surface area contributed by atoms with Gasteiger partial charge in [0.05, 0.1) is 5.56 Å². The molecule has 5 nitrogen and oxygen atoms in total. The molecule has 130 valence electrons. The smallest absolute Gasteiger partial charge is 0.343 e. The van der Waals surface area contributed by atoms with Crippen LogP contribution < -0.4 is 4.74 Å². The number of hydrogen-bond donors (Lipinski definition) is 1. The summed E-state index contributed by atoms with van der Waals surface area (Å²) in [5, 5.41) is 9.14. The van der Waals surface area contributed by atoms with Gasteiger partial charge in [-0.2, -0.15) is 0 Å². The molecule has 0 radical (unpaired) electrons. The highest BCUT2D eigenvalue weighted by atomic mass is 16.5. The Kier molecular flexibility index (Phi) is 6.48. The number of benzene rings is 2. The zero-order valence-corrected chi connectivity index (χ0v) is 14.0. The number of ether oxygens (including phenoxy) is 2. The van der Waals surface area contributed by atoms with Gasteiger partial charge in [-0.25, -0.2) is 9.59 Å². The Morgan fingerprint density at radius 1 is 1.12 bits per heavy atom. The second-order valence-electron chi connectivity index (χ2n) is 5.47. The van der Waals surface area contributed by atoms with Gasteiger partial charge in [-0.3, -0.25) is 0 Å². The second-order valence-corrected chi connectivity index (χ2v) is 5.47. The Labute approximate surface area is 146 Å². The normalized spacial score (nSPS) is 10.2. The van der Waals surface area contributed by atoms with Crippen molar-refractivity contribution in [3.8, 4) is 5.75 Å². The van der Waals surface area contributed by atoms with Gasteiger partial charge in [-0.15, -0.1) is 0 Å². The summed E-state index contributed by atoms with van der Waals surface area (Å²) in [7, 11) is 0. The maximum atomic E-state index is 12.2. The van der Waals surface area contributed by atoms with Crippen molar-refractivity contribution >= 4 is 11.9 Å². The van der Waals surface area contributed by atoms with Crippen LogP contribution in [0.1, 0.15) is 27.0 Å². The van der Waals surface area contributed by atoms with Crippen molar-refractivity contribution in [3.63, 3.8) is 0 Å². The van der Waals surface area contributed by atoms with Crippen molar-refractivity contribution in [2.75, 3.05) is 6.61 Å². The van der Waals surface area contributed by atoms with Crippen molar-refractivity contribution in [1.29, 1.82) is 0 Å². The van der Waals surface area contributed by atoms with E-state index >= 15 is 0 Å². The standard InChI is InChI=1S/C20H20O5/c1-3-19(22)24-13-17-12-18(9-8-15(17)10-11-21)25-20(23)16-6-4-14(2)5-7-16/h3-9,12,21H,1,10-11,13H2,2H3. The quantitative estimate of drug-likeness (QED) is 0.476. The summed E-state index contributed by atoms with van der Waals surface area (Å²) in [6.45, 7) is 5.25. The summed E-state index contributed by atoms with van der Waals surface area (Å²) in [4.78, 5) is 23.5. The van der Waals surface area contributed by atoms with Crippen molar-refractivity contribution in [2.45, 2.75) is 20.0 Å². The number of carbonyl (C=O) groups excluding carboxylic acids is 2. The third kappa shape index (κ3) is 5.29. The van der Waals surface area contributed by atoms with E-state index in [9.17, 15) is 9.59 Å². The van der Waals surface area contributed by atoms with Gasteiger partial charge in [-0.1, -0.05) is 30.3 Å². The number of aryl methyl sites for hydroxylation is 1. The monoisotopic (exact) mass is 340 g/mol. The van der Waals surface area contributed by atoms with Gasteiger partial charge in [0.2, 0.25) is 0 Å². The van der Waals surface area contributed by atoms with Gasteiger partial charge < -0.3 is 14.6 Å². The summed E-state index contributed by atoms with van der Waals surface area (Å²) in [5.41, 5.74) is 2.98. The number of aliphatic hydroxyl groups is 1. The lowest BCUT2D eigenvalue weighted by atomic mass is 10.0. The van der Waals surface area contributed by atoms with Gasteiger partial charge in [0, 0.05) is 12.7 Å². The first-order valence-electron chi connectivity index (χ1n) is 7.84. The van der Waals surface area contributed by atoms with E-state index in [0.29, 0.717) is 23.3 Å². The van der Waals surface area contributed by atoms with E-state index in [0.717, 1.165) is 17.2 Å². The Morgan fingerprint density at radius 3 is 2.48 bits per heavy atom. The predicted molar refractivity (Wildman–Crippen MR) is 93.4 cm³/mol. The fourth-order valence-electron chi connectivity index (χ4n) is 2.23. The van der Waals surface area contributed by atoms with Crippen molar-refractivity contribution < 1.29 is 24.2 Å². The van der Waals surface area contributed by atoms with E-state index in [-0.39, 0.29) is 13.2 Å². The SMILES string of the molecule is C=CC(=O)OCc1cc(OC(=O)c2ccc(C)cc2)ccc1CCO. The summed E-state index contributed by atoms with van der Waals surface area (Å²) in [5.74, 6) is -0.669. The van der Waals surface area contributed by atoms with Crippen molar-refractivity contribution in [1.82, 2.24) is 0 Å². The molecule has 0 aliphatic rings. The molecule has 0 aliphatic heterocycles. The molecule has 0 saturated carbocycles. The van der Waals surface area contributed by atoms with E-state index in [1.807, 2.05) is 19.1 Å². The Hall–Kier alpha value is -2.92. The predicted octanol–water partition coefficient (Wildman–Crippen LogP) is 2.98. The number of hydrogen-bond acceptors (Lipinski definition) is 5. The minimum Gasteiger partial charge on any atom is -0.458 e. The van der Waals surface area contributed by atoms with Crippen LogP contribution in [0.5, 0.6) is 5.75 Å². The Morgan fingerprint density at radius 2 is 1.84 bits per heavy atom. The zero-order chi connectivity index (χ0) is 18.2. The molecule has 0 heterocycles. The van der Waals surface area contributed by atoms with E-state index in [2.05, 4.69) is 6.58 Å². The molecular formula is C20H20O5. The number of rotatable bonds is 7. The second kappa shape index (κ2) is 8.80. The Bertz CT molecular complexity index is 762. The first-order chi connectivity index (χ1) is 12.0. The fraction of sp³-hybridized carbons (Fsp3) is 0.200. The topological polar surface area (TPSA) is 72.8 Å². The van der Waals surface area contributed by atoms with Crippen molar-refractivity contribution in [3.05, 3.63) is 77.4 Å². The maximum absolute atomic E-state index is 12.2. The molecule has 25 heavy (non-hydrogen) atoms. The molecule has 0 bridgehead atoms. The molecule has 2 aromatic rings. The van der Waals surface area contributed by atoms with Crippen LogP contribution in [0.4, 0.5) is 0 Å². The molecule has 0 saturated heterocycles. The van der Waals surface area contributed by atoms with Gasteiger partial charge in [0.15, 0.2) is 0 Å². The third-order valence-corrected chi connectivity index (χ3v) is 3.59. The van der Waals surface area contributed by atoms with Crippen LogP contribution >= 0.6 is 0 Å². The molecule has 0 atom stereocenters. The molecule has 0 unspecified atom stereocenters. The molecular weight excluding hydrogens is 320 g/mol. The van der Waals surface area contributed by atoms with Crippen LogP contribution in [-0.4, -0.2) is 23.7 Å². The lowest BCUT2D eigenvalue weighted by Gasteiger charge is -2.12. The number of esters is 2. The van der Waals surface area contributed by atoms with E-state index in [1.54, 1.807) is 30.3 Å². The average molecular weight is 340 g/mol. The van der Waals surface area contributed by atoms with Crippen molar-refractivity contribution in [2.24, 2.45) is 0 Å². The van der Waals surface area contributed by atoms with Gasteiger partial charge in [0.1, 0.15) is 12.4 Å². The molecule has 0 fully saturated rings. The fourth-order valence-corrected chi connectivity index (χ4v) is 2.23. The van der Waals surface area contributed by atoms with E-state index in [1.165, 1.54) is 0 Å². The molecule has 5 heteroatoms. The number of aliphatic hydroxyl groups excluding tert-OH is 1. The van der Waals surface area contributed by atoms with Gasteiger partial charge >= 0.3 is 11.9 Å². The zero-order valence-electron chi connectivity index (χ0n) is 14.0. The Balaban J connectivity index is 2.17. The molecule has 1 N–H and O–H groups in total. The van der Waals surface area contributed by atoms with Crippen LogP contribution in [0.3, 0.4) is 0 Å². The highest BCUT2D eigenvalue weighted by molar-refractivity contribution is 5.91. The highest BCUT2D eigenvalue weighted by Gasteiger charge is 2.11. The molecule has 0 amide bonds. The first kappa shape index (κ1) is 18.4. The summed E-state index contributed by atoms with van der Waals surface area (Å²) in [6, 6.07) is 12.1. The summed E-state index contributed by atoms with van der Waals surface area (Å²) in [6.07, 6.45) is 1.49. The number of carbonyl (C=O) groups is 2. The molecule has 0 spiro atoms. The van der Waals surface area contributed by atoms with Crippen LogP contribution in [0.15, 0.2) is 55.1 Å². The lowest BCUT2D eigenvalue weighted by Crippen LogP contribution is -2.10. The van der Waals surface area contributed by atoms with Crippen LogP contribution in [0, 0.1) is 6.92 Å². The highest BCUT2D eigenvalue weighted by Crippen LogP contribution is 2.21. The largest absolute Gasteiger partial charge is 0.458 e. The van der Waals surface area contributed by atoms with E-state index in [4.69, 9.17) is 14.6 Å². The molecule has 2 aromatic carbocycles. The summed E-state index contributed by atoms with van der Waals surface area (Å²) < 4.78 is 10.4. The molecule has 0 aromatic heterocycles. The summed E-state index contributed by atoms with van der Waals surface area (Å²) >= 11 is 0. The molecule has 0 aliphatic carbocycles. The average Bonchev–Trinajstić information content (AvgIpc) is 2.62. The van der Waals surface area contributed by atoms with E-state index < -0.39 is 11.9 Å². The first-order valence-corrected chi connectivity index (χ1v) is 7.84. The van der Waals surface area contributed by atoms with Gasteiger partial charge in [-0.05, 0) is 48.7 Å². The maximum Gasteiger partial charge on any atom is 0.343 e. The van der Waals surface area contributed by atoms with Crippen LogP contribution in [-0.2, 0) is 22.6 Å². The molecule has 2 rings (SSSR count). The van der Waals surface area contributed by atoms with Crippen LogP contribution in [0.2, 0.25) is 0 Å².